The van der Waals surface area contributed by atoms with Crippen LogP contribution >= 0.6 is 0 Å². The van der Waals surface area contributed by atoms with E-state index in [9.17, 15) is 9.59 Å². The molecule has 1 heterocycles. The van der Waals surface area contributed by atoms with Crippen LogP contribution in [0, 0.1) is 6.92 Å². The molecule has 160 valence electrons. The van der Waals surface area contributed by atoms with Gasteiger partial charge in [-0.25, -0.2) is 4.68 Å². The second-order valence-corrected chi connectivity index (χ2v) is 7.40. The smallest absolute Gasteiger partial charge is 0.279 e. The molecule has 6 nitrogen and oxygen atoms in total. The van der Waals surface area contributed by atoms with Gasteiger partial charge in [-0.3, -0.25) is 14.7 Å². The lowest BCUT2D eigenvalue weighted by atomic mass is 10.2. The van der Waals surface area contributed by atoms with Crippen LogP contribution in [0.4, 0.5) is 5.69 Å². The van der Waals surface area contributed by atoms with E-state index in [0.717, 1.165) is 22.5 Å². The Morgan fingerprint density at radius 1 is 1.03 bits per heavy atom. The number of nitrogens with zero attached hydrogens (tertiary/aromatic N) is 1. The number of carbonyl (C=O) groups is 1. The molecule has 0 aliphatic heterocycles. The van der Waals surface area contributed by atoms with Crippen molar-refractivity contribution >= 4 is 24.2 Å². The first-order valence-electron chi connectivity index (χ1n) is 10.2. The van der Waals surface area contributed by atoms with Crippen molar-refractivity contribution in [3.8, 4) is 11.4 Å². The van der Waals surface area contributed by atoms with Crippen molar-refractivity contribution in [2.45, 2.75) is 6.92 Å². The van der Waals surface area contributed by atoms with Gasteiger partial charge < -0.3 is 10.1 Å². The number of hydrogen-bond donors (Lipinski definition) is 2. The lowest BCUT2D eigenvalue weighted by Crippen LogP contribution is -2.33. The lowest BCUT2D eigenvalue weighted by molar-refractivity contribution is -0.118. The van der Waals surface area contributed by atoms with Gasteiger partial charge in [0.25, 0.3) is 11.5 Å². The predicted octanol–water partition coefficient (Wildman–Crippen LogP) is 2.73. The molecule has 32 heavy (non-hydrogen) atoms. The summed E-state index contributed by atoms with van der Waals surface area (Å²) in [6, 6.07) is 24.1. The molecular weight excluding hydrogens is 402 g/mol. The van der Waals surface area contributed by atoms with Crippen LogP contribution in [-0.2, 0) is 4.79 Å². The van der Waals surface area contributed by atoms with Crippen molar-refractivity contribution in [1.82, 2.24) is 9.78 Å². The van der Waals surface area contributed by atoms with E-state index in [1.165, 1.54) is 4.68 Å². The van der Waals surface area contributed by atoms with E-state index in [4.69, 9.17) is 4.74 Å². The average molecular weight is 425 g/mol. The SMILES string of the molecule is C=c1[nH]n(-c2ccccc2)c(=O)/c1=C/c1ccc(OCC(=O)Nc2ccc(C)cc2)cc1. The number of carbonyl (C=O) groups excluding carboxylic acids is 1. The Hall–Kier alpha value is -4.32. The Kier molecular flexibility index (Phi) is 6.03. The third-order valence-corrected chi connectivity index (χ3v) is 4.92. The number of amides is 1. The highest BCUT2D eigenvalue weighted by molar-refractivity contribution is 5.91. The van der Waals surface area contributed by atoms with Gasteiger partial charge in [0.1, 0.15) is 5.75 Å². The monoisotopic (exact) mass is 425 g/mol. The Labute approximate surface area is 185 Å². The number of H-pyrrole nitrogens is 1. The highest BCUT2D eigenvalue weighted by Crippen LogP contribution is 2.13. The van der Waals surface area contributed by atoms with Gasteiger partial charge in [-0.05, 0) is 55.0 Å². The zero-order valence-electron chi connectivity index (χ0n) is 17.7. The van der Waals surface area contributed by atoms with Crippen LogP contribution in [0.2, 0.25) is 0 Å². The number of ether oxygens (including phenoxy) is 1. The fraction of sp³-hybridized carbons (Fsp3) is 0.0769. The second-order valence-electron chi connectivity index (χ2n) is 7.40. The van der Waals surface area contributed by atoms with Crippen LogP contribution in [-0.4, -0.2) is 22.3 Å². The van der Waals surface area contributed by atoms with Crippen LogP contribution in [0.25, 0.3) is 18.3 Å². The molecule has 0 saturated heterocycles. The number of para-hydroxylation sites is 1. The van der Waals surface area contributed by atoms with E-state index in [1.54, 1.807) is 18.2 Å². The number of benzene rings is 3. The van der Waals surface area contributed by atoms with Crippen LogP contribution < -0.4 is 26.2 Å². The molecular formula is C26H23N3O3. The molecule has 4 rings (SSSR count). The van der Waals surface area contributed by atoms with Gasteiger partial charge in [0.15, 0.2) is 6.61 Å². The first-order chi connectivity index (χ1) is 15.5. The number of aryl methyl sites for hydroxylation is 1. The fourth-order valence-corrected chi connectivity index (χ4v) is 3.21. The molecule has 0 aliphatic rings. The van der Waals surface area contributed by atoms with Crippen molar-refractivity contribution in [2.75, 3.05) is 11.9 Å². The summed E-state index contributed by atoms with van der Waals surface area (Å²) in [6.07, 6.45) is 1.77. The fourth-order valence-electron chi connectivity index (χ4n) is 3.21. The predicted molar refractivity (Wildman–Crippen MR) is 126 cm³/mol. The van der Waals surface area contributed by atoms with Gasteiger partial charge in [-0.1, -0.05) is 54.6 Å². The number of nitrogens with one attached hydrogen (secondary N) is 2. The zero-order valence-corrected chi connectivity index (χ0v) is 17.7. The van der Waals surface area contributed by atoms with Gasteiger partial charge in [0.2, 0.25) is 0 Å². The quantitative estimate of drug-likeness (QED) is 0.499. The number of aromatic amines is 1. The number of aromatic nitrogens is 2. The van der Waals surface area contributed by atoms with Crippen molar-refractivity contribution in [2.24, 2.45) is 0 Å². The number of anilines is 1. The van der Waals surface area contributed by atoms with Crippen molar-refractivity contribution in [3.05, 3.63) is 111 Å². The molecule has 0 radical (unpaired) electrons. The van der Waals surface area contributed by atoms with Crippen molar-refractivity contribution in [1.29, 1.82) is 0 Å². The molecule has 0 aliphatic carbocycles. The van der Waals surface area contributed by atoms with Crippen molar-refractivity contribution in [3.63, 3.8) is 0 Å². The van der Waals surface area contributed by atoms with Crippen LogP contribution in [0.3, 0.4) is 0 Å². The average Bonchev–Trinajstić information content (AvgIpc) is 3.09. The molecule has 0 fully saturated rings. The van der Waals surface area contributed by atoms with E-state index in [-0.39, 0.29) is 18.1 Å². The lowest BCUT2D eigenvalue weighted by Gasteiger charge is -2.08. The summed E-state index contributed by atoms with van der Waals surface area (Å²) in [6.45, 7) is 5.84. The van der Waals surface area contributed by atoms with Gasteiger partial charge in [-0.15, -0.1) is 0 Å². The van der Waals surface area contributed by atoms with Crippen LogP contribution in [0.1, 0.15) is 11.1 Å². The largest absolute Gasteiger partial charge is 0.484 e. The molecule has 0 saturated carbocycles. The number of hydrogen-bond acceptors (Lipinski definition) is 3. The molecule has 0 atom stereocenters. The minimum Gasteiger partial charge on any atom is -0.484 e. The van der Waals surface area contributed by atoms with E-state index in [0.29, 0.717) is 16.3 Å². The van der Waals surface area contributed by atoms with Crippen LogP contribution in [0.5, 0.6) is 5.75 Å². The van der Waals surface area contributed by atoms with E-state index in [2.05, 4.69) is 17.0 Å². The minimum atomic E-state index is -0.236. The molecule has 0 unspecified atom stereocenters. The normalized spacial score (nSPS) is 11.3. The van der Waals surface area contributed by atoms with E-state index < -0.39 is 0 Å². The highest BCUT2D eigenvalue weighted by atomic mass is 16.5. The summed E-state index contributed by atoms with van der Waals surface area (Å²) in [5.74, 6) is 0.326. The molecule has 4 aromatic rings. The molecule has 3 aromatic carbocycles. The summed E-state index contributed by atoms with van der Waals surface area (Å²) >= 11 is 0. The maximum atomic E-state index is 12.8. The standard InChI is InChI=1S/C26H23N3O3/c1-18-8-12-21(13-9-18)27-25(30)17-32-23-14-10-20(11-15-23)16-24-19(2)28-29(26(24)31)22-6-4-3-5-7-22/h3-16,28H,2,17H2,1H3,(H,27,30)/b24-16+. The highest BCUT2D eigenvalue weighted by Gasteiger charge is 2.06. The van der Waals surface area contributed by atoms with Gasteiger partial charge in [0, 0.05) is 5.69 Å². The number of rotatable bonds is 6. The summed E-state index contributed by atoms with van der Waals surface area (Å²) < 4.78 is 7.04. The third-order valence-electron chi connectivity index (χ3n) is 4.92. The third kappa shape index (κ3) is 4.87. The van der Waals surface area contributed by atoms with Gasteiger partial charge in [0.05, 0.1) is 16.3 Å². The second kappa shape index (κ2) is 9.22. The molecule has 1 aromatic heterocycles. The Balaban J connectivity index is 1.44. The summed E-state index contributed by atoms with van der Waals surface area (Å²) in [7, 11) is 0. The zero-order chi connectivity index (χ0) is 22.5. The topological polar surface area (TPSA) is 76.1 Å². The summed E-state index contributed by atoms with van der Waals surface area (Å²) in [4.78, 5) is 24.9. The maximum absolute atomic E-state index is 12.8. The Bertz CT molecular complexity index is 1380. The summed E-state index contributed by atoms with van der Waals surface area (Å²) in [5, 5.41) is 6.82. The van der Waals surface area contributed by atoms with Crippen LogP contribution in [0.15, 0.2) is 83.7 Å². The first-order valence-corrected chi connectivity index (χ1v) is 10.2. The van der Waals surface area contributed by atoms with E-state index in [1.807, 2.05) is 73.7 Å². The molecule has 6 heteroatoms. The van der Waals surface area contributed by atoms with Crippen molar-refractivity contribution < 1.29 is 9.53 Å². The molecule has 0 bridgehead atoms. The first kappa shape index (κ1) is 20.9. The molecule has 2 N–H and O–H groups in total. The molecule has 0 spiro atoms. The van der Waals surface area contributed by atoms with Gasteiger partial charge >= 0.3 is 0 Å². The maximum Gasteiger partial charge on any atom is 0.279 e. The Morgan fingerprint density at radius 2 is 1.72 bits per heavy atom. The molecule has 1 amide bonds. The van der Waals surface area contributed by atoms with E-state index >= 15 is 0 Å². The van der Waals surface area contributed by atoms with Gasteiger partial charge in [-0.2, -0.15) is 0 Å². The minimum absolute atomic E-state index is 0.0977. The Morgan fingerprint density at radius 3 is 2.41 bits per heavy atom. The summed E-state index contributed by atoms with van der Waals surface area (Å²) in [5.41, 5.74) is 3.25.